The molecule has 2 aliphatic rings. The Labute approximate surface area is 120 Å². The van der Waals surface area contributed by atoms with Gasteiger partial charge in [-0.1, -0.05) is 12.1 Å². The van der Waals surface area contributed by atoms with E-state index in [0.29, 0.717) is 0 Å². The minimum absolute atomic E-state index is 0.130. The van der Waals surface area contributed by atoms with Crippen molar-refractivity contribution < 1.29 is 29.6 Å². The Kier molecular flexibility index (Phi) is 3.50. The molecule has 2 aliphatic heterocycles. The van der Waals surface area contributed by atoms with Crippen LogP contribution in [0.4, 0.5) is 0 Å². The highest BCUT2D eigenvalue weighted by molar-refractivity contribution is 6.21. The summed E-state index contributed by atoms with van der Waals surface area (Å²) < 4.78 is 5.22. The largest absolute Gasteiger partial charge is 0.394 e. The summed E-state index contributed by atoms with van der Waals surface area (Å²) in [5.74, 6) is -1.03. The van der Waals surface area contributed by atoms with Gasteiger partial charge in [0.1, 0.15) is 18.3 Å². The van der Waals surface area contributed by atoms with Crippen LogP contribution in [0.15, 0.2) is 24.3 Å². The smallest absolute Gasteiger partial charge is 0.261 e. The molecule has 0 aromatic heterocycles. The Bertz CT molecular complexity index is 554. The number of nitrogens with zero attached hydrogens (tertiary/aromatic N) is 1. The highest BCUT2D eigenvalue weighted by Crippen LogP contribution is 2.28. The number of carbonyl (C=O) groups is 2. The summed E-state index contributed by atoms with van der Waals surface area (Å²) in [5, 5.41) is 29.0. The molecule has 2 amide bonds. The Morgan fingerprint density at radius 2 is 1.67 bits per heavy atom. The Hall–Kier alpha value is -1.80. The third-order valence-corrected chi connectivity index (χ3v) is 3.94. The van der Waals surface area contributed by atoms with E-state index in [0.717, 1.165) is 4.90 Å². The second-order valence-electron chi connectivity index (χ2n) is 5.13. The quantitative estimate of drug-likeness (QED) is 0.589. The lowest BCUT2D eigenvalue weighted by atomic mass is 9.97. The van der Waals surface area contributed by atoms with Crippen LogP contribution in [0.2, 0.25) is 0 Å². The van der Waals surface area contributed by atoms with E-state index in [4.69, 9.17) is 9.84 Å². The third-order valence-electron chi connectivity index (χ3n) is 3.94. The van der Waals surface area contributed by atoms with Crippen LogP contribution in [-0.4, -0.2) is 69.6 Å². The van der Waals surface area contributed by atoms with Crippen molar-refractivity contribution in [2.45, 2.75) is 24.4 Å². The molecule has 0 unspecified atom stereocenters. The number of ether oxygens (including phenoxy) is 1. The number of hydrogen-bond acceptors (Lipinski definition) is 6. The van der Waals surface area contributed by atoms with Crippen LogP contribution < -0.4 is 0 Å². The fourth-order valence-corrected chi connectivity index (χ4v) is 2.76. The molecule has 1 aromatic carbocycles. The molecule has 1 saturated heterocycles. The van der Waals surface area contributed by atoms with Gasteiger partial charge >= 0.3 is 0 Å². The van der Waals surface area contributed by atoms with Crippen molar-refractivity contribution in [1.29, 1.82) is 0 Å². The monoisotopic (exact) mass is 293 g/mol. The summed E-state index contributed by atoms with van der Waals surface area (Å²) >= 11 is 0. The number of amides is 2. The van der Waals surface area contributed by atoms with E-state index in [1.807, 2.05) is 0 Å². The Morgan fingerprint density at radius 1 is 1.10 bits per heavy atom. The first kappa shape index (κ1) is 14.2. The first-order valence-electron chi connectivity index (χ1n) is 6.61. The first-order chi connectivity index (χ1) is 10.1. The Balaban J connectivity index is 1.89. The van der Waals surface area contributed by atoms with Gasteiger partial charge in [0.05, 0.1) is 30.4 Å². The lowest BCUT2D eigenvalue weighted by Crippen LogP contribution is -2.61. The molecular formula is C14H15NO6. The van der Waals surface area contributed by atoms with Crippen molar-refractivity contribution >= 4 is 11.8 Å². The van der Waals surface area contributed by atoms with Gasteiger partial charge in [-0.3, -0.25) is 14.5 Å². The molecule has 0 saturated carbocycles. The fourth-order valence-electron chi connectivity index (χ4n) is 2.76. The van der Waals surface area contributed by atoms with E-state index < -0.39 is 42.8 Å². The minimum Gasteiger partial charge on any atom is -0.394 e. The van der Waals surface area contributed by atoms with Gasteiger partial charge in [-0.2, -0.15) is 0 Å². The van der Waals surface area contributed by atoms with Gasteiger partial charge in [-0.15, -0.1) is 0 Å². The minimum atomic E-state index is -1.36. The van der Waals surface area contributed by atoms with E-state index in [-0.39, 0.29) is 17.7 Å². The van der Waals surface area contributed by atoms with Gasteiger partial charge in [0.2, 0.25) is 0 Å². The highest BCUT2D eigenvalue weighted by Gasteiger charge is 2.48. The predicted molar refractivity (Wildman–Crippen MR) is 69.6 cm³/mol. The maximum Gasteiger partial charge on any atom is 0.261 e. The molecule has 7 heteroatoms. The molecule has 7 nitrogen and oxygen atoms in total. The van der Waals surface area contributed by atoms with Crippen LogP contribution in [-0.2, 0) is 4.74 Å². The van der Waals surface area contributed by atoms with E-state index in [2.05, 4.69) is 0 Å². The topological polar surface area (TPSA) is 107 Å². The van der Waals surface area contributed by atoms with Crippen molar-refractivity contribution in [1.82, 2.24) is 4.90 Å². The molecule has 2 heterocycles. The van der Waals surface area contributed by atoms with E-state index in [9.17, 15) is 19.8 Å². The van der Waals surface area contributed by atoms with Crippen molar-refractivity contribution in [3.63, 3.8) is 0 Å². The molecule has 3 N–H and O–H groups in total. The summed E-state index contributed by atoms with van der Waals surface area (Å²) in [6.45, 7) is -0.581. The van der Waals surface area contributed by atoms with Gasteiger partial charge in [0.15, 0.2) is 0 Å². The number of rotatable bonds is 2. The molecule has 0 bridgehead atoms. The molecular weight excluding hydrogens is 278 g/mol. The number of imide groups is 1. The lowest BCUT2D eigenvalue weighted by molar-refractivity contribution is -0.171. The van der Waals surface area contributed by atoms with Gasteiger partial charge in [-0.05, 0) is 12.1 Å². The SMILES string of the molecule is O=C1c2ccccc2C(=O)N1[C@H]1CO[C@H](CO)[C@H](O)[C@@H]1O. The van der Waals surface area contributed by atoms with Crippen LogP contribution in [0.3, 0.4) is 0 Å². The number of aliphatic hydroxyl groups excluding tert-OH is 3. The van der Waals surface area contributed by atoms with Gasteiger partial charge in [0, 0.05) is 0 Å². The predicted octanol–water partition coefficient (Wildman–Crippen LogP) is -1.24. The molecule has 0 spiro atoms. The zero-order chi connectivity index (χ0) is 15.1. The molecule has 1 fully saturated rings. The van der Waals surface area contributed by atoms with Crippen molar-refractivity contribution in [3.8, 4) is 0 Å². The average Bonchev–Trinajstić information content (AvgIpc) is 2.75. The van der Waals surface area contributed by atoms with Crippen LogP contribution in [0.5, 0.6) is 0 Å². The summed E-state index contributed by atoms with van der Waals surface area (Å²) in [6.07, 6.45) is -3.65. The summed E-state index contributed by atoms with van der Waals surface area (Å²) in [6, 6.07) is 5.41. The molecule has 0 radical (unpaired) electrons. The lowest BCUT2D eigenvalue weighted by Gasteiger charge is -2.40. The molecule has 21 heavy (non-hydrogen) atoms. The summed E-state index contributed by atoms with van der Waals surface area (Å²) in [4.78, 5) is 25.6. The summed E-state index contributed by atoms with van der Waals surface area (Å²) in [5.41, 5.74) is 0.543. The number of aliphatic hydroxyl groups is 3. The normalized spacial score (nSPS) is 32.4. The summed E-state index contributed by atoms with van der Waals surface area (Å²) in [7, 11) is 0. The average molecular weight is 293 g/mol. The van der Waals surface area contributed by atoms with Crippen LogP contribution in [0, 0.1) is 0 Å². The van der Waals surface area contributed by atoms with Crippen molar-refractivity contribution in [3.05, 3.63) is 35.4 Å². The second-order valence-corrected chi connectivity index (χ2v) is 5.13. The number of benzene rings is 1. The van der Waals surface area contributed by atoms with Crippen molar-refractivity contribution in [2.75, 3.05) is 13.2 Å². The highest BCUT2D eigenvalue weighted by atomic mass is 16.5. The zero-order valence-corrected chi connectivity index (χ0v) is 11.0. The maximum absolute atomic E-state index is 12.3. The molecule has 112 valence electrons. The van der Waals surface area contributed by atoms with Crippen LogP contribution in [0.1, 0.15) is 20.7 Å². The van der Waals surface area contributed by atoms with Crippen molar-refractivity contribution in [2.24, 2.45) is 0 Å². The molecule has 1 aromatic rings. The van der Waals surface area contributed by atoms with Crippen LogP contribution in [0.25, 0.3) is 0 Å². The van der Waals surface area contributed by atoms with Crippen LogP contribution >= 0.6 is 0 Å². The van der Waals surface area contributed by atoms with Gasteiger partial charge in [0.25, 0.3) is 11.8 Å². The molecule has 0 aliphatic carbocycles. The Morgan fingerprint density at radius 3 is 2.19 bits per heavy atom. The standard InChI is InChI=1S/C14H15NO6/c16-5-10-12(18)11(17)9(6-21-10)15-13(19)7-3-1-2-4-8(7)14(15)20/h1-4,9-12,16-18H,5-6H2/t9-,10+,11+,12-/m0/s1. The first-order valence-corrected chi connectivity index (χ1v) is 6.61. The number of fused-ring (bicyclic) bond motifs is 1. The fraction of sp³-hybridized carbons (Fsp3) is 0.429. The molecule has 4 atom stereocenters. The van der Waals surface area contributed by atoms with E-state index in [1.54, 1.807) is 24.3 Å². The number of carbonyl (C=O) groups excluding carboxylic acids is 2. The third kappa shape index (κ3) is 2.06. The van der Waals surface area contributed by atoms with E-state index in [1.165, 1.54) is 0 Å². The second kappa shape index (κ2) is 5.19. The molecule has 3 rings (SSSR count). The maximum atomic E-state index is 12.3. The van der Waals surface area contributed by atoms with Gasteiger partial charge in [-0.25, -0.2) is 0 Å². The van der Waals surface area contributed by atoms with E-state index >= 15 is 0 Å². The zero-order valence-electron chi connectivity index (χ0n) is 11.0. The number of hydrogen-bond donors (Lipinski definition) is 3. The van der Waals surface area contributed by atoms with Gasteiger partial charge < -0.3 is 20.1 Å².